The monoisotopic (exact) mass is 389 g/mol. The summed E-state index contributed by atoms with van der Waals surface area (Å²) in [5, 5.41) is 2.41. The molecule has 27 heavy (non-hydrogen) atoms. The van der Waals surface area contributed by atoms with Crippen molar-refractivity contribution < 1.29 is 23.8 Å². The summed E-state index contributed by atoms with van der Waals surface area (Å²) in [6.07, 6.45) is 0. The first kappa shape index (κ1) is 20.0. The molecule has 9 heteroatoms. The molecule has 0 aliphatic rings. The quantitative estimate of drug-likeness (QED) is 0.528. The van der Waals surface area contributed by atoms with Gasteiger partial charge in [0.25, 0.3) is 11.8 Å². The average molecular weight is 389 g/mol. The molecule has 2 amide bonds. The second kappa shape index (κ2) is 9.39. The molecule has 0 atom stereocenters. The highest BCUT2D eigenvalue weighted by Gasteiger charge is 2.17. The number of thiocarbonyl (C=S) groups is 1. The average Bonchev–Trinajstić information content (AvgIpc) is 2.71. The van der Waals surface area contributed by atoms with E-state index in [0.717, 1.165) is 0 Å². The molecule has 2 aromatic carbocycles. The van der Waals surface area contributed by atoms with Crippen LogP contribution in [0.1, 0.15) is 20.7 Å². The van der Waals surface area contributed by atoms with Gasteiger partial charge in [0.05, 0.1) is 21.3 Å². The number of ether oxygens (including phenoxy) is 3. The van der Waals surface area contributed by atoms with Gasteiger partial charge in [0, 0.05) is 11.1 Å². The van der Waals surface area contributed by atoms with Gasteiger partial charge in [-0.15, -0.1) is 0 Å². The van der Waals surface area contributed by atoms with Gasteiger partial charge in [-0.1, -0.05) is 18.2 Å². The summed E-state index contributed by atoms with van der Waals surface area (Å²) in [4.78, 5) is 24.4. The Labute approximate surface area is 161 Å². The largest absolute Gasteiger partial charge is 0.493 e. The third kappa shape index (κ3) is 5.08. The van der Waals surface area contributed by atoms with E-state index in [4.69, 9.17) is 26.4 Å². The van der Waals surface area contributed by atoms with Crippen LogP contribution in [0.25, 0.3) is 0 Å². The van der Waals surface area contributed by atoms with E-state index in [1.807, 2.05) is 0 Å². The van der Waals surface area contributed by atoms with Gasteiger partial charge in [0.2, 0.25) is 5.75 Å². The van der Waals surface area contributed by atoms with E-state index in [2.05, 4.69) is 16.2 Å². The van der Waals surface area contributed by atoms with Crippen molar-refractivity contribution in [2.45, 2.75) is 0 Å². The van der Waals surface area contributed by atoms with Crippen LogP contribution in [0.15, 0.2) is 42.5 Å². The molecule has 2 rings (SSSR count). The minimum absolute atomic E-state index is 0.0513. The van der Waals surface area contributed by atoms with Gasteiger partial charge in [-0.05, 0) is 36.5 Å². The summed E-state index contributed by atoms with van der Waals surface area (Å²) in [7, 11) is 4.37. The topological polar surface area (TPSA) is 97.9 Å². The van der Waals surface area contributed by atoms with E-state index in [1.54, 1.807) is 30.3 Å². The molecule has 8 nitrogen and oxygen atoms in total. The normalized spacial score (nSPS) is 9.74. The smallest absolute Gasteiger partial charge is 0.269 e. The lowest BCUT2D eigenvalue weighted by Gasteiger charge is -2.15. The number of nitrogens with one attached hydrogen (secondary N) is 3. The molecule has 0 radical (unpaired) electrons. The molecule has 0 fully saturated rings. The fourth-order valence-electron chi connectivity index (χ4n) is 2.19. The van der Waals surface area contributed by atoms with Crippen LogP contribution in [0.4, 0.5) is 0 Å². The first-order valence-corrected chi connectivity index (χ1v) is 8.17. The van der Waals surface area contributed by atoms with Crippen molar-refractivity contribution in [2.75, 3.05) is 21.3 Å². The molecule has 0 spiro atoms. The van der Waals surface area contributed by atoms with Gasteiger partial charge in [-0.25, -0.2) is 0 Å². The summed E-state index contributed by atoms with van der Waals surface area (Å²) in [6.45, 7) is 0. The highest BCUT2D eigenvalue weighted by atomic mass is 32.1. The fraction of sp³-hybridized carbons (Fsp3) is 0.167. The van der Waals surface area contributed by atoms with Gasteiger partial charge in [-0.2, -0.15) is 0 Å². The molecule has 0 aromatic heterocycles. The molecule has 0 bridgehead atoms. The van der Waals surface area contributed by atoms with Crippen LogP contribution in [0, 0.1) is 0 Å². The van der Waals surface area contributed by atoms with Gasteiger partial charge >= 0.3 is 0 Å². The number of hydrogen-bond acceptors (Lipinski definition) is 6. The molecule has 0 heterocycles. The Morgan fingerprint density at radius 1 is 0.815 bits per heavy atom. The summed E-state index contributed by atoms with van der Waals surface area (Å²) in [5.74, 6) is 0.139. The molecule has 0 unspecified atom stereocenters. The summed E-state index contributed by atoms with van der Waals surface area (Å²) in [5.41, 5.74) is 5.56. The Bertz CT molecular complexity index is 817. The number of carbonyl (C=O) groups excluding carboxylic acids is 2. The van der Waals surface area contributed by atoms with Crippen LogP contribution in [0.2, 0.25) is 0 Å². The number of carbonyl (C=O) groups is 2. The van der Waals surface area contributed by atoms with E-state index in [-0.39, 0.29) is 10.7 Å². The number of amides is 2. The number of methoxy groups -OCH3 is 3. The zero-order chi connectivity index (χ0) is 19.8. The van der Waals surface area contributed by atoms with Crippen molar-refractivity contribution in [3.05, 3.63) is 53.6 Å². The zero-order valence-corrected chi connectivity index (χ0v) is 15.8. The summed E-state index contributed by atoms with van der Waals surface area (Å²) >= 11 is 5.01. The predicted molar refractivity (Wildman–Crippen MR) is 103 cm³/mol. The zero-order valence-electron chi connectivity index (χ0n) is 15.0. The molecule has 0 aliphatic heterocycles. The van der Waals surface area contributed by atoms with Crippen molar-refractivity contribution in [3.8, 4) is 17.2 Å². The lowest BCUT2D eigenvalue weighted by Crippen LogP contribution is -2.48. The summed E-state index contributed by atoms with van der Waals surface area (Å²) in [6, 6.07) is 11.5. The minimum atomic E-state index is -0.509. The second-order valence-electron chi connectivity index (χ2n) is 5.14. The Kier molecular flexibility index (Phi) is 6.95. The van der Waals surface area contributed by atoms with Crippen LogP contribution < -0.4 is 30.4 Å². The first-order chi connectivity index (χ1) is 13.0. The fourth-order valence-corrected chi connectivity index (χ4v) is 2.34. The Balaban J connectivity index is 2.01. The van der Waals surface area contributed by atoms with E-state index in [0.29, 0.717) is 22.8 Å². The Hall–Kier alpha value is -3.33. The van der Waals surface area contributed by atoms with E-state index in [1.165, 1.54) is 33.5 Å². The molecule has 3 N–H and O–H groups in total. The Morgan fingerprint density at radius 2 is 1.41 bits per heavy atom. The predicted octanol–water partition coefficient (Wildman–Crippen LogP) is 1.66. The maximum atomic E-state index is 12.3. The van der Waals surface area contributed by atoms with Crippen molar-refractivity contribution >= 4 is 29.1 Å². The highest BCUT2D eigenvalue weighted by Crippen LogP contribution is 2.38. The van der Waals surface area contributed by atoms with E-state index in [9.17, 15) is 9.59 Å². The van der Waals surface area contributed by atoms with Crippen LogP contribution in [-0.2, 0) is 0 Å². The van der Waals surface area contributed by atoms with Gasteiger partial charge in [0.15, 0.2) is 16.6 Å². The van der Waals surface area contributed by atoms with Crippen LogP contribution in [-0.4, -0.2) is 38.3 Å². The first-order valence-electron chi connectivity index (χ1n) is 7.76. The third-order valence-electron chi connectivity index (χ3n) is 3.48. The van der Waals surface area contributed by atoms with Crippen molar-refractivity contribution in [1.82, 2.24) is 16.2 Å². The van der Waals surface area contributed by atoms with Crippen molar-refractivity contribution in [3.63, 3.8) is 0 Å². The van der Waals surface area contributed by atoms with E-state index >= 15 is 0 Å². The highest BCUT2D eigenvalue weighted by molar-refractivity contribution is 7.80. The van der Waals surface area contributed by atoms with Crippen molar-refractivity contribution in [2.24, 2.45) is 0 Å². The maximum absolute atomic E-state index is 12.3. The minimum Gasteiger partial charge on any atom is -0.493 e. The van der Waals surface area contributed by atoms with Crippen LogP contribution >= 0.6 is 12.2 Å². The number of rotatable bonds is 5. The number of benzene rings is 2. The van der Waals surface area contributed by atoms with Gasteiger partial charge in [0.1, 0.15) is 0 Å². The molecule has 142 valence electrons. The molecule has 0 saturated heterocycles. The van der Waals surface area contributed by atoms with Gasteiger partial charge in [-0.3, -0.25) is 25.8 Å². The molecular weight excluding hydrogens is 370 g/mol. The molecule has 2 aromatic rings. The second-order valence-corrected chi connectivity index (χ2v) is 5.55. The SMILES string of the molecule is COc1cc(C(=O)NNC(=S)NC(=O)c2ccccc2)cc(OC)c1OC. The standard InChI is InChI=1S/C18H19N3O5S/c1-24-13-9-12(10-14(25-2)15(13)26-3)17(23)20-21-18(27)19-16(22)11-7-5-4-6-8-11/h4-10H,1-3H3,(H,20,23)(H2,19,21,22,27). The number of hydrazine groups is 1. The lowest BCUT2D eigenvalue weighted by molar-refractivity contribution is 0.0934. The molecular formula is C18H19N3O5S. The van der Waals surface area contributed by atoms with Crippen LogP contribution in [0.5, 0.6) is 17.2 Å². The molecule has 0 aliphatic carbocycles. The van der Waals surface area contributed by atoms with Crippen molar-refractivity contribution in [1.29, 1.82) is 0 Å². The number of hydrogen-bond donors (Lipinski definition) is 3. The third-order valence-corrected chi connectivity index (χ3v) is 3.68. The lowest BCUT2D eigenvalue weighted by atomic mass is 10.1. The maximum Gasteiger partial charge on any atom is 0.269 e. The summed E-state index contributed by atoms with van der Waals surface area (Å²) < 4.78 is 15.6. The van der Waals surface area contributed by atoms with E-state index < -0.39 is 11.8 Å². The van der Waals surface area contributed by atoms with Gasteiger partial charge < -0.3 is 14.2 Å². The Morgan fingerprint density at radius 3 is 1.93 bits per heavy atom. The molecule has 0 saturated carbocycles. The van der Waals surface area contributed by atoms with Crippen LogP contribution in [0.3, 0.4) is 0 Å².